The third-order valence-corrected chi connectivity index (χ3v) is 5.02. The summed E-state index contributed by atoms with van der Waals surface area (Å²) in [4.78, 5) is 12.8. The van der Waals surface area contributed by atoms with Crippen molar-refractivity contribution in [1.82, 2.24) is 10.0 Å². The first-order valence-electron chi connectivity index (χ1n) is 7.45. The minimum atomic E-state index is -0.229. The van der Waals surface area contributed by atoms with Crippen molar-refractivity contribution < 1.29 is 9.18 Å². The molecule has 1 aromatic carbocycles. The van der Waals surface area contributed by atoms with Crippen LogP contribution in [0.15, 0.2) is 24.3 Å². The van der Waals surface area contributed by atoms with Crippen LogP contribution in [-0.4, -0.2) is 29.0 Å². The molecule has 1 unspecified atom stereocenters. The zero-order valence-electron chi connectivity index (χ0n) is 12.1. The Kier molecular flexibility index (Phi) is 3.28. The van der Waals surface area contributed by atoms with Gasteiger partial charge in [-0.05, 0) is 37.0 Å². The number of carbonyl (C=O) groups excluding carboxylic acids is 1. The summed E-state index contributed by atoms with van der Waals surface area (Å²) in [6.45, 7) is 5.93. The third kappa shape index (κ3) is 1.85. The van der Waals surface area contributed by atoms with Gasteiger partial charge in [0.1, 0.15) is 5.82 Å². The average molecular weight is 276 g/mol. The van der Waals surface area contributed by atoms with E-state index >= 15 is 0 Å². The van der Waals surface area contributed by atoms with E-state index in [1.165, 1.54) is 12.1 Å². The van der Waals surface area contributed by atoms with Crippen LogP contribution in [0.2, 0.25) is 0 Å². The normalized spacial score (nSPS) is 25.2. The molecule has 2 aliphatic heterocycles. The second kappa shape index (κ2) is 4.85. The Hall–Kier alpha value is -1.42. The van der Waals surface area contributed by atoms with E-state index in [-0.39, 0.29) is 23.2 Å². The van der Waals surface area contributed by atoms with Crippen LogP contribution in [0, 0.1) is 11.2 Å². The van der Waals surface area contributed by atoms with Crippen LogP contribution in [0.5, 0.6) is 0 Å². The van der Waals surface area contributed by atoms with Crippen LogP contribution in [0.4, 0.5) is 4.39 Å². The number of benzene rings is 1. The van der Waals surface area contributed by atoms with Crippen LogP contribution in [0.3, 0.4) is 0 Å². The molecule has 108 valence electrons. The molecule has 1 aromatic rings. The summed E-state index contributed by atoms with van der Waals surface area (Å²) in [6.07, 6.45) is 2.69. The highest BCUT2D eigenvalue weighted by Crippen LogP contribution is 2.45. The van der Waals surface area contributed by atoms with Crippen molar-refractivity contribution in [3.8, 4) is 0 Å². The molecule has 0 bridgehead atoms. The SMILES string of the molecule is CCC1(CC)CN2CCC(c3ccc(F)cc3)N2C1=O. The quantitative estimate of drug-likeness (QED) is 0.846. The van der Waals surface area contributed by atoms with Crippen LogP contribution < -0.4 is 0 Å². The standard InChI is InChI=1S/C16H21FN2O/c1-3-16(4-2)11-18-10-9-14(19(18)15(16)20)12-5-7-13(17)8-6-12/h5-8,14H,3-4,9-11H2,1-2H3. The van der Waals surface area contributed by atoms with E-state index in [1.807, 2.05) is 5.01 Å². The number of rotatable bonds is 3. The van der Waals surface area contributed by atoms with Crippen molar-refractivity contribution >= 4 is 5.91 Å². The maximum Gasteiger partial charge on any atom is 0.245 e. The smallest absolute Gasteiger partial charge is 0.245 e. The van der Waals surface area contributed by atoms with Crippen LogP contribution >= 0.6 is 0 Å². The average Bonchev–Trinajstić information content (AvgIpc) is 2.99. The number of hydrogen-bond acceptors (Lipinski definition) is 2. The van der Waals surface area contributed by atoms with Gasteiger partial charge in [0.05, 0.1) is 11.5 Å². The van der Waals surface area contributed by atoms with Gasteiger partial charge in [-0.1, -0.05) is 26.0 Å². The lowest BCUT2D eigenvalue weighted by molar-refractivity contribution is -0.143. The van der Waals surface area contributed by atoms with Crippen molar-refractivity contribution in [3.05, 3.63) is 35.6 Å². The highest BCUT2D eigenvalue weighted by molar-refractivity contribution is 5.85. The fourth-order valence-corrected chi connectivity index (χ4v) is 3.55. The number of amides is 1. The Labute approximate surface area is 119 Å². The molecule has 2 saturated heterocycles. The molecular weight excluding hydrogens is 255 g/mol. The summed E-state index contributed by atoms with van der Waals surface area (Å²) < 4.78 is 13.1. The Bertz CT molecular complexity index is 510. The molecule has 0 spiro atoms. The predicted molar refractivity (Wildman–Crippen MR) is 75.2 cm³/mol. The molecule has 3 rings (SSSR count). The van der Waals surface area contributed by atoms with Gasteiger partial charge in [0.2, 0.25) is 5.91 Å². The van der Waals surface area contributed by atoms with Crippen molar-refractivity contribution in [2.45, 2.75) is 39.2 Å². The summed E-state index contributed by atoms with van der Waals surface area (Å²) in [7, 11) is 0. The van der Waals surface area contributed by atoms with E-state index in [0.29, 0.717) is 0 Å². The molecule has 1 atom stereocenters. The minimum absolute atomic E-state index is 0.0723. The van der Waals surface area contributed by atoms with Crippen LogP contribution in [-0.2, 0) is 4.79 Å². The second-order valence-corrected chi connectivity index (χ2v) is 5.88. The lowest BCUT2D eigenvalue weighted by Gasteiger charge is -2.27. The molecule has 0 saturated carbocycles. The molecule has 0 N–H and O–H groups in total. The lowest BCUT2D eigenvalue weighted by atomic mass is 9.82. The van der Waals surface area contributed by atoms with Gasteiger partial charge in [0.25, 0.3) is 0 Å². The van der Waals surface area contributed by atoms with Gasteiger partial charge < -0.3 is 0 Å². The summed E-state index contributed by atoms with van der Waals surface area (Å²) in [5, 5.41) is 4.11. The molecule has 2 heterocycles. The zero-order chi connectivity index (χ0) is 14.3. The molecular formula is C16H21FN2O. The fraction of sp³-hybridized carbons (Fsp3) is 0.562. The first-order valence-corrected chi connectivity index (χ1v) is 7.45. The Morgan fingerprint density at radius 3 is 2.50 bits per heavy atom. The van der Waals surface area contributed by atoms with Gasteiger partial charge in [0.15, 0.2) is 0 Å². The first kappa shape index (κ1) is 13.6. The molecule has 2 fully saturated rings. The third-order valence-electron chi connectivity index (χ3n) is 5.02. The monoisotopic (exact) mass is 276 g/mol. The number of hydrazine groups is 1. The summed E-state index contributed by atoms with van der Waals surface area (Å²) in [6, 6.07) is 6.63. The molecule has 0 aromatic heterocycles. The van der Waals surface area contributed by atoms with E-state index in [9.17, 15) is 9.18 Å². The Balaban J connectivity index is 1.90. The fourth-order valence-electron chi connectivity index (χ4n) is 3.55. The highest BCUT2D eigenvalue weighted by Gasteiger charge is 2.53. The molecule has 1 amide bonds. The van der Waals surface area contributed by atoms with Crippen LogP contribution in [0.1, 0.15) is 44.7 Å². The molecule has 3 nitrogen and oxygen atoms in total. The van der Waals surface area contributed by atoms with Gasteiger partial charge in [-0.2, -0.15) is 0 Å². The molecule has 20 heavy (non-hydrogen) atoms. The summed E-state index contributed by atoms with van der Waals surface area (Å²) in [5.41, 5.74) is 0.809. The Morgan fingerprint density at radius 1 is 1.25 bits per heavy atom. The van der Waals surface area contributed by atoms with E-state index in [2.05, 4.69) is 18.9 Å². The van der Waals surface area contributed by atoms with Gasteiger partial charge in [0, 0.05) is 13.1 Å². The molecule has 2 aliphatic rings. The summed E-state index contributed by atoms with van der Waals surface area (Å²) >= 11 is 0. The zero-order valence-corrected chi connectivity index (χ0v) is 12.1. The van der Waals surface area contributed by atoms with E-state index in [1.54, 1.807) is 12.1 Å². The highest BCUT2D eigenvalue weighted by atomic mass is 19.1. The lowest BCUT2D eigenvalue weighted by Crippen LogP contribution is -2.36. The number of halogens is 1. The second-order valence-electron chi connectivity index (χ2n) is 5.88. The van der Waals surface area contributed by atoms with E-state index in [0.717, 1.165) is 37.9 Å². The van der Waals surface area contributed by atoms with Crippen LogP contribution in [0.25, 0.3) is 0 Å². The van der Waals surface area contributed by atoms with E-state index in [4.69, 9.17) is 0 Å². The minimum Gasteiger partial charge on any atom is -0.273 e. The van der Waals surface area contributed by atoms with Crippen molar-refractivity contribution in [1.29, 1.82) is 0 Å². The predicted octanol–water partition coefficient (Wildman–Crippen LogP) is 3.14. The number of carbonyl (C=O) groups is 1. The number of fused-ring (bicyclic) bond motifs is 1. The summed E-state index contributed by atoms with van der Waals surface area (Å²) in [5.74, 6) is 0.0159. The van der Waals surface area contributed by atoms with Gasteiger partial charge in [-0.3, -0.25) is 9.80 Å². The largest absolute Gasteiger partial charge is 0.273 e. The molecule has 0 aliphatic carbocycles. The van der Waals surface area contributed by atoms with Gasteiger partial charge >= 0.3 is 0 Å². The number of nitrogens with zero attached hydrogens (tertiary/aromatic N) is 2. The number of hydrogen-bond donors (Lipinski definition) is 0. The van der Waals surface area contributed by atoms with Gasteiger partial charge in [-0.25, -0.2) is 9.40 Å². The Morgan fingerprint density at radius 2 is 1.90 bits per heavy atom. The molecule has 4 heteroatoms. The molecule has 0 radical (unpaired) electrons. The van der Waals surface area contributed by atoms with Crippen molar-refractivity contribution in [2.75, 3.05) is 13.1 Å². The maximum atomic E-state index is 13.1. The maximum absolute atomic E-state index is 13.1. The van der Waals surface area contributed by atoms with Crippen molar-refractivity contribution in [3.63, 3.8) is 0 Å². The van der Waals surface area contributed by atoms with E-state index < -0.39 is 0 Å². The van der Waals surface area contributed by atoms with Crippen molar-refractivity contribution in [2.24, 2.45) is 5.41 Å². The van der Waals surface area contributed by atoms with Gasteiger partial charge in [-0.15, -0.1) is 0 Å². The first-order chi connectivity index (χ1) is 9.61. The topological polar surface area (TPSA) is 23.6 Å².